The second-order valence-corrected chi connectivity index (χ2v) is 5.70. The van der Waals surface area contributed by atoms with Crippen molar-refractivity contribution < 1.29 is 4.79 Å². The Kier molecular flexibility index (Phi) is 3.27. The lowest BCUT2D eigenvalue weighted by molar-refractivity contribution is 0.103. The number of carbonyl (C=O) groups excluding carboxylic acids is 1. The number of hydrogen-bond acceptors (Lipinski definition) is 3. The number of carbonyl (C=O) groups is 1. The molecule has 0 amide bonds. The van der Waals surface area contributed by atoms with Crippen LogP contribution in [0.2, 0.25) is 0 Å². The molecule has 0 aliphatic heterocycles. The van der Waals surface area contributed by atoms with Gasteiger partial charge >= 0.3 is 0 Å². The molecule has 2 aromatic heterocycles. The maximum Gasteiger partial charge on any atom is 0.221 e. The molecule has 4 rings (SSSR count). The number of para-hydroxylation sites is 4. The van der Waals surface area contributed by atoms with Crippen molar-refractivity contribution in [2.45, 2.75) is 0 Å². The monoisotopic (exact) mass is 316 g/mol. The Morgan fingerprint density at radius 1 is 0.875 bits per heavy atom. The van der Waals surface area contributed by atoms with Crippen LogP contribution in [-0.4, -0.2) is 24.9 Å². The summed E-state index contributed by atoms with van der Waals surface area (Å²) >= 11 is 0. The van der Waals surface area contributed by atoms with E-state index in [1.807, 2.05) is 71.8 Å². The van der Waals surface area contributed by atoms with Gasteiger partial charge in [0, 0.05) is 14.1 Å². The molecule has 2 aromatic carbocycles. The fourth-order valence-corrected chi connectivity index (χ4v) is 2.90. The van der Waals surface area contributed by atoms with E-state index in [1.165, 1.54) is 6.08 Å². The number of allylic oxidation sites excluding steroid dienone is 1. The summed E-state index contributed by atoms with van der Waals surface area (Å²) in [6.45, 7) is 0. The highest BCUT2D eigenvalue weighted by atomic mass is 16.1. The quantitative estimate of drug-likeness (QED) is 0.430. The molecule has 0 atom stereocenters. The van der Waals surface area contributed by atoms with E-state index in [9.17, 15) is 4.79 Å². The van der Waals surface area contributed by atoms with Gasteiger partial charge in [-0.25, -0.2) is 9.97 Å². The van der Waals surface area contributed by atoms with E-state index in [1.54, 1.807) is 6.08 Å². The van der Waals surface area contributed by atoms with Gasteiger partial charge in [-0.15, -0.1) is 0 Å². The Balaban J connectivity index is 1.70. The Labute approximate surface area is 138 Å². The zero-order valence-electron chi connectivity index (χ0n) is 13.5. The van der Waals surface area contributed by atoms with E-state index in [0.717, 1.165) is 27.9 Å². The van der Waals surface area contributed by atoms with Crippen LogP contribution in [0.3, 0.4) is 0 Å². The lowest BCUT2D eigenvalue weighted by Crippen LogP contribution is -2.04. The highest BCUT2D eigenvalue weighted by Gasteiger charge is 2.13. The summed E-state index contributed by atoms with van der Waals surface area (Å²) in [5, 5.41) is 0. The highest BCUT2D eigenvalue weighted by molar-refractivity contribution is 6.06. The van der Waals surface area contributed by atoms with E-state index in [-0.39, 0.29) is 5.78 Å². The maximum atomic E-state index is 12.5. The van der Waals surface area contributed by atoms with Gasteiger partial charge in [-0.1, -0.05) is 24.3 Å². The van der Waals surface area contributed by atoms with Crippen LogP contribution in [0.1, 0.15) is 16.4 Å². The molecule has 0 N–H and O–H groups in total. The Morgan fingerprint density at radius 2 is 1.46 bits per heavy atom. The zero-order chi connectivity index (χ0) is 16.7. The summed E-state index contributed by atoms with van der Waals surface area (Å²) in [5.74, 6) is 1.02. The van der Waals surface area contributed by atoms with Crippen LogP contribution in [0.15, 0.2) is 54.6 Å². The van der Waals surface area contributed by atoms with Gasteiger partial charge in [0.05, 0.1) is 22.1 Å². The van der Waals surface area contributed by atoms with E-state index < -0.39 is 0 Å². The number of aryl methyl sites for hydroxylation is 2. The summed E-state index contributed by atoms with van der Waals surface area (Å²) in [5.41, 5.74) is 3.71. The van der Waals surface area contributed by atoms with Gasteiger partial charge in [-0.3, -0.25) is 4.79 Å². The van der Waals surface area contributed by atoms with Gasteiger partial charge in [0.2, 0.25) is 5.78 Å². The molecule has 0 fully saturated rings. The van der Waals surface area contributed by atoms with Crippen molar-refractivity contribution in [2.24, 2.45) is 14.1 Å². The second kappa shape index (κ2) is 5.45. The van der Waals surface area contributed by atoms with Crippen molar-refractivity contribution >= 4 is 33.9 Å². The number of benzene rings is 2. The number of imidazole rings is 2. The summed E-state index contributed by atoms with van der Waals surface area (Å²) in [7, 11) is 3.79. The first-order chi connectivity index (χ1) is 11.6. The van der Waals surface area contributed by atoms with Crippen LogP contribution in [0.5, 0.6) is 0 Å². The minimum atomic E-state index is -0.138. The van der Waals surface area contributed by atoms with Crippen LogP contribution >= 0.6 is 0 Å². The van der Waals surface area contributed by atoms with Gasteiger partial charge in [-0.2, -0.15) is 0 Å². The Morgan fingerprint density at radius 3 is 2.08 bits per heavy atom. The molecule has 24 heavy (non-hydrogen) atoms. The SMILES string of the molecule is Cn1c(C=CC(=O)c2nc3ccccc3n2C)nc2ccccc21. The Hall–Kier alpha value is -3.21. The van der Waals surface area contributed by atoms with Crippen molar-refractivity contribution in [1.82, 2.24) is 19.1 Å². The fourth-order valence-electron chi connectivity index (χ4n) is 2.90. The molecule has 5 heteroatoms. The topological polar surface area (TPSA) is 52.7 Å². The molecule has 0 aliphatic carbocycles. The molecule has 0 unspecified atom stereocenters. The molecule has 0 aliphatic rings. The van der Waals surface area contributed by atoms with Crippen molar-refractivity contribution in [3.63, 3.8) is 0 Å². The summed E-state index contributed by atoms with van der Waals surface area (Å²) in [6.07, 6.45) is 3.27. The van der Waals surface area contributed by atoms with Crippen molar-refractivity contribution in [1.29, 1.82) is 0 Å². The largest absolute Gasteiger partial charge is 0.328 e. The fraction of sp³-hybridized carbons (Fsp3) is 0.105. The number of hydrogen-bond donors (Lipinski definition) is 0. The molecule has 0 saturated heterocycles. The smallest absolute Gasteiger partial charge is 0.221 e. The van der Waals surface area contributed by atoms with Crippen LogP contribution in [0.25, 0.3) is 28.1 Å². The average molecular weight is 316 g/mol. The third-order valence-electron chi connectivity index (χ3n) is 4.21. The number of aromatic nitrogens is 4. The molecule has 118 valence electrons. The average Bonchev–Trinajstić information content (AvgIpc) is 3.11. The van der Waals surface area contributed by atoms with Gasteiger partial charge in [0.25, 0.3) is 0 Å². The molecule has 5 nitrogen and oxygen atoms in total. The van der Waals surface area contributed by atoms with E-state index >= 15 is 0 Å². The van der Waals surface area contributed by atoms with Crippen LogP contribution in [-0.2, 0) is 14.1 Å². The lowest BCUT2D eigenvalue weighted by Gasteiger charge is -1.98. The van der Waals surface area contributed by atoms with Gasteiger partial charge in [0.1, 0.15) is 5.82 Å². The van der Waals surface area contributed by atoms with E-state index in [0.29, 0.717) is 5.82 Å². The minimum absolute atomic E-state index is 0.138. The molecule has 2 heterocycles. The number of rotatable bonds is 3. The Bertz CT molecular complexity index is 1100. The second-order valence-electron chi connectivity index (χ2n) is 5.70. The first-order valence-electron chi connectivity index (χ1n) is 7.70. The molecule has 0 spiro atoms. The summed E-state index contributed by atoms with van der Waals surface area (Å²) in [4.78, 5) is 21.5. The molecule has 0 saturated carbocycles. The summed E-state index contributed by atoms with van der Waals surface area (Å²) < 4.78 is 3.78. The first-order valence-corrected chi connectivity index (χ1v) is 7.70. The standard InChI is InChI=1S/C19H16N4O/c1-22-15-9-5-3-7-13(15)20-18(22)12-11-17(24)19-21-14-8-4-6-10-16(14)23(19)2/h3-12H,1-2H3. The molecular weight excluding hydrogens is 300 g/mol. The van der Waals surface area contributed by atoms with E-state index in [2.05, 4.69) is 9.97 Å². The van der Waals surface area contributed by atoms with Gasteiger partial charge in [-0.05, 0) is 36.4 Å². The molecular formula is C19H16N4O. The van der Waals surface area contributed by atoms with Gasteiger partial charge in [0.15, 0.2) is 5.82 Å². The third kappa shape index (κ3) is 2.22. The number of nitrogens with zero attached hydrogens (tertiary/aromatic N) is 4. The van der Waals surface area contributed by atoms with Crippen LogP contribution in [0.4, 0.5) is 0 Å². The summed E-state index contributed by atoms with van der Waals surface area (Å²) in [6, 6.07) is 15.6. The number of fused-ring (bicyclic) bond motifs is 2. The van der Waals surface area contributed by atoms with Crippen molar-refractivity contribution in [2.75, 3.05) is 0 Å². The third-order valence-corrected chi connectivity index (χ3v) is 4.21. The molecule has 0 bridgehead atoms. The number of ketones is 1. The van der Waals surface area contributed by atoms with Crippen LogP contribution < -0.4 is 0 Å². The first kappa shape index (κ1) is 14.4. The van der Waals surface area contributed by atoms with Gasteiger partial charge < -0.3 is 9.13 Å². The maximum absolute atomic E-state index is 12.5. The van der Waals surface area contributed by atoms with Crippen molar-refractivity contribution in [3.05, 3.63) is 66.3 Å². The predicted octanol–water partition coefficient (Wildman–Crippen LogP) is 3.36. The highest BCUT2D eigenvalue weighted by Crippen LogP contribution is 2.17. The molecule has 0 radical (unpaired) electrons. The normalized spacial score (nSPS) is 11.8. The lowest BCUT2D eigenvalue weighted by atomic mass is 10.3. The zero-order valence-corrected chi connectivity index (χ0v) is 13.5. The minimum Gasteiger partial charge on any atom is -0.328 e. The van der Waals surface area contributed by atoms with E-state index in [4.69, 9.17) is 0 Å². The predicted molar refractivity (Wildman–Crippen MR) is 94.8 cm³/mol. The molecule has 4 aromatic rings. The van der Waals surface area contributed by atoms with Crippen molar-refractivity contribution in [3.8, 4) is 0 Å². The van der Waals surface area contributed by atoms with Crippen LogP contribution in [0, 0.1) is 0 Å².